The molecule has 9 aromatic carbocycles. The second-order valence-corrected chi connectivity index (χ2v) is 16.6. The fraction of sp³-hybridized carbons (Fsp3) is 0. The predicted molar refractivity (Wildman–Crippen MR) is 249 cm³/mol. The summed E-state index contributed by atoms with van der Waals surface area (Å²) in [5.74, 6) is 0. The van der Waals surface area contributed by atoms with Crippen molar-refractivity contribution in [3.63, 3.8) is 0 Å². The Morgan fingerprint density at radius 3 is 1.26 bits per heavy atom. The van der Waals surface area contributed by atoms with E-state index in [0.717, 1.165) is 17.1 Å². The SMILES string of the molecule is c1ccc(-c2ccc(-c3ccc(N(c4ccc(-c5ccccc5)cc4)c4ccc(-c5cccc6sc7ccc8c9ccccc9sc8c7c56)cc4)cc3)cc2)cc1. The molecule has 11 aromatic rings. The van der Waals surface area contributed by atoms with Gasteiger partial charge in [0.05, 0.1) is 0 Å². The fourth-order valence-corrected chi connectivity index (χ4v) is 10.7. The van der Waals surface area contributed by atoms with Crippen LogP contribution in [0.3, 0.4) is 0 Å². The Morgan fingerprint density at radius 2 is 0.702 bits per heavy atom. The van der Waals surface area contributed by atoms with Crippen molar-refractivity contribution in [2.45, 2.75) is 0 Å². The van der Waals surface area contributed by atoms with Gasteiger partial charge in [0.1, 0.15) is 0 Å². The summed E-state index contributed by atoms with van der Waals surface area (Å²) < 4.78 is 5.39. The Hall–Kier alpha value is -6.78. The van der Waals surface area contributed by atoms with E-state index in [1.165, 1.54) is 84.9 Å². The van der Waals surface area contributed by atoms with Gasteiger partial charge < -0.3 is 4.90 Å². The average Bonchev–Trinajstić information content (AvgIpc) is 3.87. The Bertz CT molecular complexity index is 3180. The summed E-state index contributed by atoms with van der Waals surface area (Å²) in [7, 11) is 0. The molecule has 2 aromatic heterocycles. The van der Waals surface area contributed by atoms with Gasteiger partial charge in [-0.15, -0.1) is 22.7 Å². The summed E-state index contributed by atoms with van der Waals surface area (Å²) in [6, 6.07) is 77.3. The van der Waals surface area contributed by atoms with Crippen LogP contribution in [0.4, 0.5) is 17.1 Å². The van der Waals surface area contributed by atoms with Gasteiger partial charge in [-0.3, -0.25) is 0 Å². The highest BCUT2D eigenvalue weighted by Crippen LogP contribution is 2.47. The summed E-state index contributed by atoms with van der Waals surface area (Å²) in [4.78, 5) is 2.36. The molecule has 3 heteroatoms. The van der Waals surface area contributed by atoms with E-state index in [-0.39, 0.29) is 0 Å². The van der Waals surface area contributed by atoms with Crippen LogP contribution in [0.5, 0.6) is 0 Å². The second-order valence-electron chi connectivity index (χ2n) is 14.5. The summed E-state index contributed by atoms with van der Waals surface area (Å²) in [5.41, 5.74) is 13.1. The van der Waals surface area contributed by atoms with Gasteiger partial charge in [-0.05, 0) is 99.1 Å². The quantitative estimate of drug-likeness (QED) is 0.156. The minimum atomic E-state index is 1.11. The number of thiophene rings is 2. The molecule has 268 valence electrons. The molecule has 11 rings (SSSR count). The van der Waals surface area contributed by atoms with Crippen molar-refractivity contribution in [3.8, 4) is 44.5 Å². The highest BCUT2D eigenvalue weighted by atomic mass is 32.1. The molecule has 2 heterocycles. The van der Waals surface area contributed by atoms with Crippen LogP contribution in [-0.4, -0.2) is 0 Å². The lowest BCUT2D eigenvalue weighted by molar-refractivity contribution is 1.28. The number of benzene rings is 9. The van der Waals surface area contributed by atoms with Crippen LogP contribution in [-0.2, 0) is 0 Å². The van der Waals surface area contributed by atoms with Crippen molar-refractivity contribution in [2.75, 3.05) is 4.90 Å². The third-order valence-corrected chi connectivity index (χ3v) is 13.4. The maximum Gasteiger partial charge on any atom is 0.0462 e. The molecule has 0 radical (unpaired) electrons. The summed E-state index contributed by atoms with van der Waals surface area (Å²) in [5, 5.41) is 5.41. The van der Waals surface area contributed by atoms with Crippen molar-refractivity contribution in [2.24, 2.45) is 0 Å². The van der Waals surface area contributed by atoms with Gasteiger partial charge in [0.25, 0.3) is 0 Å². The first-order valence-corrected chi connectivity index (χ1v) is 21.0. The molecule has 0 atom stereocenters. The van der Waals surface area contributed by atoms with Crippen LogP contribution in [0.2, 0.25) is 0 Å². The third-order valence-electron chi connectivity index (χ3n) is 11.1. The molecule has 0 bridgehead atoms. The van der Waals surface area contributed by atoms with E-state index in [0.29, 0.717) is 0 Å². The van der Waals surface area contributed by atoms with Gasteiger partial charge in [0.2, 0.25) is 0 Å². The average molecular weight is 762 g/mol. The van der Waals surface area contributed by atoms with Crippen LogP contribution in [0.15, 0.2) is 212 Å². The van der Waals surface area contributed by atoms with Crippen LogP contribution >= 0.6 is 22.7 Å². The Morgan fingerprint density at radius 1 is 0.263 bits per heavy atom. The molecule has 0 aliphatic heterocycles. The molecule has 0 amide bonds. The molecule has 0 N–H and O–H groups in total. The topological polar surface area (TPSA) is 3.24 Å². The van der Waals surface area contributed by atoms with Crippen molar-refractivity contribution >= 4 is 80.1 Å². The van der Waals surface area contributed by atoms with Gasteiger partial charge in [-0.2, -0.15) is 0 Å². The van der Waals surface area contributed by atoms with E-state index >= 15 is 0 Å². The minimum absolute atomic E-state index is 1.11. The first-order valence-electron chi connectivity index (χ1n) is 19.3. The molecule has 57 heavy (non-hydrogen) atoms. The van der Waals surface area contributed by atoms with Crippen LogP contribution in [0, 0.1) is 0 Å². The van der Waals surface area contributed by atoms with Gasteiger partial charge in [0, 0.05) is 57.4 Å². The molecule has 0 fully saturated rings. The van der Waals surface area contributed by atoms with Crippen LogP contribution in [0.1, 0.15) is 0 Å². The number of rotatable bonds is 7. The Kier molecular flexibility index (Phi) is 8.28. The Balaban J connectivity index is 0.986. The monoisotopic (exact) mass is 761 g/mol. The van der Waals surface area contributed by atoms with Crippen molar-refractivity contribution in [1.29, 1.82) is 0 Å². The van der Waals surface area contributed by atoms with E-state index < -0.39 is 0 Å². The summed E-state index contributed by atoms with van der Waals surface area (Å²) in [6.07, 6.45) is 0. The molecule has 0 aliphatic carbocycles. The van der Waals surface area contributed by atoms with Crippen molar-refractivity contribution in [1.82, 2.24) is 0 Å². The number of fused-ring (bicyclic) bond motifs is 7. The zero-order valence-corrected chi connectivity index (χ0v) is 32.6. The third kappa shape index (κ3) is 6.00. The van der Waals surface area contributed by atoms with E-state index in [2.05, 4.69) is 217 Å². The van der Waals surface area contributed by atoms with E-state index in [9.17, 15) is 0 Å². The molecule has 0 saturated carbocycles. The van der Waals surface area contributed by atoms with E-state index in [4.69, 9.17) is 0 Å². The van der Waals surface area contributed by atoms with Gasteiger partial charge >= 0.3 is 0 Å². The lowest BCUT2D eigenvalue weighted by Gasteiger charge is -2.26. The zero-order chi connectivity index (χ0) is 37.7. The van der Waals surface area contributed by atoms with E-state index in [1.807, 2.05) is 22.7 Å². The lowest BCUT2D eigenvalue weighted by Crippen LogP contribution is -2.09. The highest BCUT2D eigenvalue weighted by Gasteiger charge is 2.18. The molecule has 1 nitrogen and oxygen atoms in total. The van der Waals surface area contributed by atoms with Gasteiger partial charge in [-0.1, -0.05) is 158 Å². The van der Waals surface area contributed by atoms with Crippen LogP contribution in [0.25, 0.3) is 84.9 Å². The van der Waals surface area contributed by atoms with Crippen LogP contribution < -0.4 is 4.90 Å². The number of anilines is 3. The maximum atomic E-state index is 2.36. The zero-order valence-electron chi connectivity index (χ0n) is 31.0. The molecule has 0 aliphatic rings. The number of nitrogens with zero attached hydrogens (tertiary/aromatic N) is 1. The fourth-order valence-electron chi connectivity index (χ4n) is 8.29. The van der Waals surface area contributed by atoms with Crippen molar-refractivity contribution in [3.05, 3.63) is 212 Å². The molecular weight excluding hydrogens is 727 g/mol. The Labute approximate surface area is 340 Å². The molecule has 0 unspecified atom stereocenters. The second kappa shape index (κ2) is 14.1. The van der Waals surface area contributed by atoms with Gasteiger partial charge in [0.15, 0.2) is 0 Å². The van der Waals surface area contributed by atoms with Gasteiger partial charge in [-0.25, -0.2) is 0 Å². The normalized spacial score (nSPS) is 11.5. The molecule has 0 spiro atoms. The molecule has 0 saturated heterocycles. The minimum Gasteiger partial charge on any atom is -0.311 e. The summed E-state index contributed by atoms with van der Waals surface area (Å²) >= 11 is 3.81. The largest absolute Gasteiger partial charge is 0.311 e. The molecular formula is C54H35NS2. The first-order chi connectivity index (χ1) is 28.2. The first kappa shape index (κ1) is 33.5. The predicted octanol–water partition coefficient (Wildman–Crippen LogP) is 16.6. The van der Waals surface area contributed by atoms with E-state index in [1.54, 1.807) is 0 Å². The standard InChI is InChI=1S/C54H35NS2/c1-3-10-36(11-4-1)38-18-20-39(21-19-38)41-24-30-44(31-25-41)55(43-28-22-40(23-29-43)37-12-5-2-6-13-37)45-32-26-42(27-33-45)46-15-9-17-50-52(46)53-51(56-50)35-34-48-47-14-7-8-16-49(47)57-54(48)53/h1-35H. The number of hydrogen-bond acceptors (Lipinski definition) is 3. The number of hydrogen-bond donors (Lipinski definition) is 0. The highest BCUT2D eigenvalue weighted by molar-refractivity contribution is 7.29. The van der Waals surface area contributed by atoms with Crippen molar-refractivity contribution < 1.29 is 0 Å². The smallest absolute Gasteiger partial charge is 0.0462 e. The maximum absolute atomic E-state index is 2.36. The summed E-state index contributed by atoms with van der Waals surface area (Å²) in [6.45, 7) is 0. The lowest BCUT2D eigenvalue weighted by atomic mass is 9.98.